The lowest BCUT2D eigenvalue weighted by Gasteiger charge is -2.20. The Hall–Kier alpha value is -2.33. The molecule has 0 saturated heterocycles. The number of pyridine rings is 1. The summed E-state index contributed by atoms with van der Waals surface area (Å²) in [5.74, 6) is 1.55. The molecule has 25 heavy (non-hydrogen) atoms. The van der Waals surface area contributed by atoms with Crippen LogP contribution in [0.4, 0.5) is 0 Å². The Kier molecular flexibility index (Phi) is 5.71. The van der Waals surface area contributed by atoms with Gasteiger partial charge in [-0.3, -0.25) is 4.98 Å². The molecule has 0 spiro atoms. The number of benzene rings is 1. The van der Waals surface area contributed by atoms with Gasteiger partial charge in [0.25, 0.3) is 0 Å². The third-order valence-electron chi connectivity index (χ3n) is 4.51. The van der Waals surface area contributed by atoms with Crippen molar-refractivity contribution in [2.45, 2.75) is 32.7 Å². The maximum Gasteiger partial charge on any atom is 0.128 e. The van der Waals surface area contributed by atoms with E-state index in [-0.39, 0.29) is 6.04 Å². The zero-order chi connectivity index (χ0) is 17.6. The highest BCUT2D eigenvalue weighted by Crippen LogP contribution is 2.29. The number of ether oxygens (including phenoxy) is 1. The van der Waals surface area contributed by atoms with Gasteiger partial charge in [-0.05, 0) is 55.1 Å². The molecule has 4 heteroatoms. The number of H-pyrrole nitrogens is 1. The van der Waals surface area contributed by atoms with Gasteiger partial charge < -0.3 is 15.0 Å². The number of nitrogens with one attached hydrogen (secondary N) is 2. The van der Waals surface area contributed by atoms with Gasteiger partial charge in [-0.15, -0.1) is 0 Å². The first-order valence-electron chi connectivity index (χ1n) is 8.96. The fraction of sp³-hybridized carbons (Fsp3) is 0.381. The van der Waals surface area contributed by atoms with E-state index in [9.17, 15) is 0 Å². The molecule has 1 aromatic carbocycles. The standard InChI is InChI=1S/C21H27N3O/c1-15(2)13-19(17-7-4-5-11-22-17)23-12-10-16-14-24-18-8-6-9-20(25-3)21(16)18/h4-9,11,14-15,19,23-24H,10,12-13H2,1-3H3/t19-/m0/s1. The van der Waals surface area contributed by atoms with Crippen LogP contribution in [0.1, 0.15) is 37.6 Å². The lowest BCUT2D eigenvalue weighted by Crippen LogP contribution is -2.25. The Morgan fingerprint density at radius 1 is 1.16 bits per heavy atom. The number of hydrogen-bond donors (Lipinski definition) is 2. The molecule has 3 aromatic rings. The molecule has 2 aromatic heterocycles. The molecule has 0 aliphatic heterocycles. The van der Waals surface area contributed by atoms with Crippen molar-refractivity contribution in [3.63, 3.8) is 0 Å². The minimum atomic E-state index is 0.285. The van der Waals surface area contributed by atoms with Crippen molar-refractivity contribution in [2.24, 2.45) is 5.92 Å². The molecule has 2 N–H and O–H groups in total. The van der Waals surface area contributed by atoms with Crippen LogP contribution in [-0.2, 0) is 6.42 Å². The Labute approximate surface area is 149 Å². The van der Waals surface area contributed by atoms with E-state index in [2.05, 4.69) is 53.5 Å². The van der Waals surface area contributed by atoms with Gasteiger partial charge >= 0.3 is 0 Å². The van der Waals surface area contributed by atoms with Crippen molar-refractivity contribution in [2.75, 3.05) is 13.7 Å². The average Bonchev–Trinajstić information content (AvgIpc) is 3.04. The van der Waals surface area contributed by atoms with Crippen molar-refractivity contribution < 1.29 is 4.74 Å². The smallest absolute Gasteiger partial charge is 0.128 e. The van der Waals surface area contributed by atoms with Crippen LogP contribution < -0.4 is 10.1 Å². The van der Waals surface area contributed by atoms with E-state index in [1.807, 2.05) is 24.4 Å². The van der Waals surface area contributed by atoms with Crippen LogP contribution in [-0.4, -0.2) is 23.6 Å². The summed E-state index contributed by atoms with van der Waals surface area (Å²) < 4.78 is 5.53. The molecule has 0 fully saturated rings. The molecule has 0 unspecified atom stereocenters. The average molecular weight is 337 g/mol. The molecule has 3 rings (SSSR count). The summed E-state index contributed by atoms with van der Waals surface area (Å²) in [7, 11) is 1.73. The third kappa shape index (κ3) is 4.20. The predicted octanol–water partition coefficient (Wildman–Crippen LogP) is 4.49. The van der Waals surface area contributed by atoms with Gasteiger partial charge in [-0.25, -0.2) is 0 Å². The van der Waals surface area contributed by atoms with Crippen LogP contribution in [0, 0.1) is 5.92 Å². The fourth-order valence-corrected chi connectivity index (χ4v) is 3.33. The first kappa shape index (κ1) is 17.5. The van der Waals surface area contributed by atoms with E-state index in [0.717, 1.165) is 36.3 Å². The van der Waals surface area contributed by atoms with Gasteiger partial charge in [0.1, 0.15) is 5.75 Å². The largest absolute Gasteiger partial charge is 0.496 e. The molecule has 1 atom stereocenters. The normalized spacial score (nSPS) is 12.6. The number of rotatable bonds is 8. The topological polar surface area (TPSA) is 49.9 Å². The second kappa shape index (κ2) is 8.17. The quantitative estimate of drug-likeness (QED) is 0.637. The van der Waals surface area contributed by atoms with E-state index in [1.54, 1.807) is 7.11 Å². The Morgan fingerprint density at radius 3 is 2.76 bits per heavy atom. The fourth-order valence-electron chi connectivity index (χ4n) is 3.33. The van der Waals surface area contributed by atoms with Gasteiger partial charge in [0.2, 0.25) is 0 Å². The number of aromatic nitrogens is 2. The third-order valence-corrected chi connectivity index (χ3v) is 4.51. The van der Waals surface area contributed by atoms with Crippen LogP contribution in [0.3, 0.4) is 0 Å². The van der Waals surface area contributed by atoms with Crippen molar-refractivity contribution in [1.82, 2.24) is 15.3 Å². The minimum Gasteiger partial charge on any atom is -0.496 e. The van der Waals surface area contributed by atoms with Crippen LogP contribution in [0.2, 0.25) is 0 Å². The summed E-state index contributed by atoms with van der Waals surface area (Å²) in [5.41, 5.74) is 3.52. The second-order valence-corrected chi connectivity index (χ2v) is 6.84. The van der Waals surface area contributed by atoms with E-state index in [0.29, 0.717) is 5.92 Å². The molecule has 0 aliphatic rings. The number of aromatic amines is 1. The summed E-state index contributed by atoms with van der Waals surface area (Å²) in [5, 5.41) is 4.88. The molecule has 132 valence electrons. The number of hydrogen-bond acceptors (Lipinski definition) is 3. The van der Waals surface area contributed by atoms with Crippen molar-refractivity contribution in [1.29, 1.82) is 0 Å². The summed E-state index contributed by atoms with van der Waals surface area (Å²) in [6.07, 6.45) is 5.98. The summed E-state index contributed by atoms with van der Waals surface area (Å²) in [6.45, 7) is 5.41. The molecule has 0 radical (unpaired) electrons. The zero-order valence-electron chi connectivity index (χ0n) is 15.3. The molecular formula is C21H27N3O. The highest BCUT2D eigenvalue weighted by atomic mass is 16.5. The zero-order valence-corrected chi connectivity index (χ0v) is 15.3. The number of methoxy groups -OCH3 is 1. The van der Waals surface area contributed by atoms with E-state index >= 15 is 0 Å². The van der Waals surface area contributed by atoms with E-state index in [1.165, 1.54) is 10.9 Å². The van der Waals surface area contributed by atoms with Crippen molar-refractivity contribution in [3.8, 4) is 5.75 Å². The van der Waals surface area contributed by atoms with Crippen LogP contribution in [0.25, 0.3) is 10.9 Å². The van der Waals surface area contributed by atoms with E-state index < -0.39 is 0 Å². The first-order chi connectivity index (χ1) is 12.2. The van der Waals surface area contributed by atoms with Crippen LogP contribution in [0.15, 0.2) is 48.8 Å². The Morgan fingerprint density at radius 2 is 2.04 bits per heavy atom. The summed E-state index contributed by atoms with van der Waals surface area (Å²) >= 11 is 0. The van der Waals surface area contributed by atoms with Crippen LogP contribution in [0.5, 0.6) is 5.75 Å². The maximum absolute atomic E-state index is 5.53. The molecule has 0 aliphatic carbocycles. The Balaban J connectivity index is 1.70. The SMILES string of the molecule is COc1cccc2[nH]cc(CCN[C@@H](CC(C)C)c3ccccn3)c12. The van der Waals surface area contributed by atoms with Crippen LogP contribution >= 0.6 is 0 Å². The first-order valence-corrected chi connectivity index (χ1v) is 8.96. The maximum atomic E-state index is 5.53. The van der Waals surface area contributed by atoms with Crippen molar-refractivity contribution in [3.05, 3.63) is 60.0 Å². The highest BCUT2D eigenvalue weighted by Gasteiger charge is 2.15. The predicted molar refractivity (Wildman–Crippen MR) is 103 cm³/mol. The lowest BCUT2D eigenvalue weighted by atomic mass is 10.00. The van der Waals surface area contributed by atoms with Gasteiger partial charge in [0, 0.05) is 29.3 Å². The van der Waals surface area contributed by atoms with Gasteiger partial charge in [0.05, 0.1) is 12.8 Å². The molecule has 0 amide bonds. The van der Waals surface area contributed by atoms with Crippen molar-refractivity contribution >= 4 is 10.9 Å². The van der Waals surface area contributed by atoms with Gasteiger partial charge in [-0.2, -0.15) is 0 Å². The van der Waals surface area contributed by atoms with E-state index in [4.69, 9.17) is 4.74 Å². The molecular weight excluding hydrogens is 310 g/mol. The number of nitrogens with zero attached hydrogens (tertiary/aromatic N) is 1. The molecule has 4 nitrogen and oxygen atoms in total. The van der Waals surface area contributed by atoms with Gasteiger partial charge in [0.15, 0.2) is 0 Å². The number of fused-ring (bicyclic) bond motifs is 1. The molecule has 2 heterocycles. The monoisotopic (exact) mass is 337 g/mol. The summed E-state index contributed by atoms with van der Waals surface area (Å²) in [4.78, 5) is 7.88. The highest BCUT2D eigenvalue weighted by molar-refractivity contribution is 5.89. The molecule has 0 bridgehead atoms. The lowest BCUT2D eigenvalue weighted by molar-refractivity contribution is 0.418. The minimum absolute atomic E-state index is 0.285. The molecule has 0 saturated carbocycles. The van der Waals surface area contributed by atoms with Gasteiger partial charge in [-0.1, -0.05) is 26.0 Å². The Bertz CT molecular complexity index is 795. The second-order valence-electron chi connectivity index (χ2n) is 6.84. The summed E-state index contributed by atoms with van der Waals surface area (Å²) in [6, 6.07) is 12.5.